The molecular formula is C15H17ClN2O2S. The van der Waals surface area contributed by atoms with Gasteiger partial charge < -0.3 is 15.4 Å². The van der Waals surface area contributed by atoms with Crippen LogP contribution in [-0.4, -0.2) is 36.1 Å². The summed E-state index contributed by atoms with van der Waals surface area (Å²) in [6.07, 6.45) is 0.0457. The second-order valence-electron chi connectivity index (χ2n) is 5.41. The van der Waals surface area contributed by atoms with Crippen LogP contribution in [0.3, 0.4) is 0 Å². The van der Waals surface area contributed by atoms with E-state index in [0.29, 0.717) is 28.7 Å². The lowest BCUT2D eigenvalue weighted by Crippen LogP contribution is -2.50. The summed E-state index contributed by atoms with van der Waals surface area (Å²) in [4.78, 5) is 15.2. The monoisotopic (exact) mass is 324 g/mol. The fraction of sp³-hybridized carbons (Fsp3) is 0.400. The standard InChI is InChI=1S/C15H17ClN2O2S/c1-8-7-20-9(2)6-18(8)15(19)14-13(17)12-10(16)4-3-5-11(12)21-14/h3-5,8-9H,6-7,17H2,1-2H3. The average molecular weight is 325 g/mol. The van der Waals surface area contributed by atoms with Crippen LogP contribution in [0.4, 0.5) is 5.69 Å². The van der Waals surface area contributed by atoms with Gasteiger partial charge in [-0.1, -0.05) is 17.7 Å². The topological polar surface area (TPSA) is 55.6 Å². The highest BCUT2D eigenvalue weighted by molar-refractivity contribution is 7.21. The van der Waals surface area contributed by atoms with E-state index in [1.165, 1.54) is 11.3 Å². The largest absolute Gasteiger partial charge is 0.397 e. The molecule has 2 atom stereocenters. The van der Waals surface area contributed by atoms with Gasteiger partial charge in [0.05, 0.1) is 29.5 Å². The number of anilines is 1. The zero-order chi connectivity index (χ0) is 15.1. The molecule has 1 aliphatic rings. The minimum atomic E-state index is -0.0348. The Balaban J connectivity index is 2.02. The summed E-state index contributed by atoms with van der Waals surface area (Å²) >= 11 is 7.60. The number of halogens is 1. The molecule has 6 heteroatoms. The molecule has 1 saturated heterocycles. The van der Waals surface area contributed by atoms with E-state index >= 15 is 0 Å². The zero-order valence-electron chi connectivity index (χ0n) is 11.9. The Labute approximate surface area is 132 Å². The Hall–Kier alpha value is -1.30. The normalized spacial score (nSPS) is 22.7. The van der Waals surface area contributed by atoms with Crippen LogP contribution in [0.5, 0.6) is 0 Å². The van der Waals surface area contributed by atoms with Gasteiger partial charge >= 0.3 is 0 Å². The van der Waals surface area contributed by atoms with Crippen molar-refractivity contribution in [2.45, 2.75) is 26.0 Å². The molecule has 21 heavy (non-hydrogen) atoms. The minimum Gasteiger partial charge on any atom is -0.397 e. The lowest BCUT2D eigenvalue weighted by atomic mass is 10.1. The highest BCUT2D eigenvalue weighted by Crippen LogP contribution is 2.39. The van der Waals surface area contributed by atoms with E-state index in [9.17, 15) is 4.79 Å². The van der Waals surface area contributed by atoms with Crippen LogP contribution in [0, 0.1) is 0 Å². The van der Waals surface area contributed by atoms with Gasteiger partial charge in [-0.2, -0.15) is 0 Å². The van der Waals surface area contributed by atoms with Gasteiger partial charge in [-0.05, 0) is 26.0 Å². The fourth-order valence-corrected chi connectivity index (χ4v) is 4.04. The van der Waals surface area contributed by atoms with Gasteiger partial charge in [0.25, 0.3) is 5.91 Å². The van der Waals surface area contributed by atoms with E-state index in [2.05, 4.69) is 0 Å². The fourth-order valence-electron chi connectivity index (χ4n) is 2.60. The van der Waals surface area contributed by atoms with E-state index in [0.717, 1.165) is 10.1 Å². The number of carbonyl (C=O) groups excluding carboxylic acids is 1. The number of carbonyl (C=O) groups is 1. The number of fused-ring (bicyclic) bond motifs is 1. The number of hydrogen-bond donors (Lipinski definition) is 1. The number of rotatable bonds is 1. The molecule has 0 saturated carbocycles. The Morgan fingerprint density at radius 1 is 1.48 bits per heavy atom. The van der Waals surface area contributed by atoms with Gasteiger partial charge in [-0.3, -0.25) is 4.79 Å². The lowest BCUT2D eigenvalue weighted by molar-refractivity contribution is -0.0385. The maximum absolute atomic E-state index is 12.8. The first-order valence-electron chi connectivity index (χ1n) is 6.88. The molecule has 1 aromatic carbocycles. The smallest absolute Gasteiger partial charge is 0.266 e. The molecule has 112 valence electrons. The van der Waals surface area contributed by atoms with Crippen molar-refractivity contribution in [3.05, 3.63) is 28.1 Å². The summed E-state index contributed by atoms with van der Waals surface area (Å²) in [5.41, 5.74) is 6.66. The molecule has 0 radical (unpaired) electrons. The number of nitrogens with zero attached hydrogens (tertiary/aromatic N) is 1. The Morgan fingerprint density at radius 3 is 2.95 bits per heavy atom. The summed E-state index contributed by atoms with van der Waals surface area (Å²) in [7, 11) is 0. The third kappa shape index (κ3) is 2.50. The minimum absolute atomic E-state index is 0.0348. The Bertz CT molecular complexity index is 700. The molecule has 0 bridgehead atoms. The van der Waals surface area contributed by atoms with Crippen molar-refractivity contribution in [1.29, 1.82) is 0 Å². The molecular weight excluding hydrogens is 308 g/mol. The first-order valence-corrected chi connectivity index (χ1v) is 8.07. The summed E-state index contributed by atoms with van der Waals surface area (Å²) < 4.78 is 6.51. The Kier molecular flexibility index (Phi) is 3.82. The van der Waals surface area contributed by atoms with Crippen LogP contribution in [0.1, 0.15) is 23.5 Å². The molecule has 0 spiro atoms. The lowest BCUT2D eigenvalue weighted by Gasteiger charge is -2.36. The van der Waals surface area contributed by atoms with Gasteiger partial charge in [0, 0.05) is 16.6 Å². The highest BCUT2D eigenvalue weighted by Gasteiger charge is 2.30. The van der Waals surface area contributed by atoms with Crippen LogP contribution in [-0.2, 0) is 4.74 Å². The molecule has 0 aliphatic carbocycles. The number of morpholine rings is 1. The van der Waals surface area contributed by atoms with E-state index < -0.39 is 0 Å². The number of amides is 1. The van der Waals surface area contributed by atoms with Crippen molar-refractivity contribution in [2.75, 3.05) is 18.9 Å². The second kappa shape index (κ2) is 5.48. The Morgan fingerprint density at radius 2 is 2.24 bits per heavy atom. The van der Waals surface area contributed by atoms with Gasteiger partial charge in [-0.15, -0.1) is 11.3 Å². The van der Waals surface area contributed by atoms with Crippen LogP contribution in [0.25, 0.3) is 10.1 Å². The van der Waals surface area contributed by atoms with Crippen molar-refractivity contribution in [3.63, 3.8) is 0 Å². The third-order valence-electron chi connectivity index (χ3n) is 3.76. The van der Waals surface area contributed by atoms with Crippen LogP contribution >= 0.6 is 22.9 Å². The van der Waals surface area contributed by atoms with Crippen molar-refractivity contribution in [2.24, 2.45) is 0 Å². The molecule has 1 aromatic heterocycles. The highest BCUT2D eigenvalue weighted by atomic mass is 35.5. The number of ether oxygens (including phenoxy) is 1. The van der Waals surface area contributed by atoms with E-state index in [1.807, 2.05) is 30.9 Å². The van der Waals surface area contributed by atoms with E-state index in [-0.39, 0.29) is 18.1 Å². The van der Waals surface area contributed by atoms with Crippen LogP contribution < -0.4 is 5.73 Å². The predicted molar refractivity (Wildman–Crippen MR) is 87.2 cm³/mol. The summed E-state index contributed by atoms with van der Waals surface area (Å²) in [6.45, 7) is 5.09. The van der Waals surface area contributed by atoms with E-state index in [1.54, 1.807) is 6.07 Å². The molecule has 2 unspecified atom stereocenters. The van der Waals surface area contributed by atoms with Gasteiger partial charge in [0.15, 0.2) is 0 Å². The summed E-state index contributed by atoms with van der Waals surface area (Å²) in [6, 6.07) is 5.65. The first-order chi connectivity index (χ1) is 9.99. The van der Waals surface area contributed by atoms with Crippen molar-refractivity contribution < 1.29 is 9.53 Å². The summed E-state index contributed by atoms with van der Waals surface area (Å²) in [5, 5.41) is 1.37. The van der Waals surface area contributed by atoms with Crippen molar-refractivity contribution >= 4 is 44.6 Å². The summed E-state index contributed by atoms with van der Waals surface area (Å²) in [5.74, 6) is -0.0348. The van der Waals surface area contributed by atoms with Crippen molar-refractivity contribution in [3.8, 4) is 0 Å². The number of benzene rings is 1. The molecule has 1 amide bonds. The molecule has 2 heterocycles. The predicted octanol–water partition coefficient (Wildman–Crippen LogP) is 3.39. The molecule has 3 rings (SSSR count). The molecule has 1 fully saturated rings. The SMILES string of the molecule is CC1CN(C(=O)c2sc3cccc(Cl)c3c2N)C(C)CO1. The van der Waals surface area contributed by atoms with Crippen LogP contribution in [0.15, 0.2) is 18.2 Å². The first kappa shape index (κ1) is 14.6. The third-order valence-corrected chi connectivity index (χ3v) is 5.24. The molecule has 2 N–H and O–H groups in total. The quantitative estimate of drug-likeness (QED) is 0.874. The number of thiophene rings is 1. The molecule has 1 aliphatic heterocycles. The molecule has 2 aromatic rings. The van der Waals surface area contributed by atoms with Gasteiger partial charge in [0.2, 0.25) is 0 Å². The number of hydrogen-bond acceptors (Lipinski definition) is 4. The average Bonchev–Trinajstić information content (AvgIpc) is 2.79. The maximum atomic E-state index is 12.8. The van der Waals surface area contributed by atoms with E-state index in [4.69, 9.17) is 22.1 Å². The van der Waals surface area contributed by atoms with Gasteiger partial charge in [0.1, 0.15) is 4.88 Å². The second-order valence-corrected chi connectivity index (χ2v) is 6.87. The van der Waals surface area contributed by atoms with Crippen molar-refractivity contribution in [1.82, 2.24) is 4.90 Å². The zero-order valence-corrected chi connectivity index (χ0v) is 13.5. The maximum Gasteiger partial charge on any atom is 0.266 e. The van der Waals surface area contributed by atoms with Gasteiger partial charge in [-0.25, -0.2) is 0 Å². The van der Waals surface area contributed by atoms with Crippen LogP contribution in [0.2, 0.25) is 5.02 Å². The number of nitrogens with two attached hydrogens (primary N) is 1. The number of nitrogen functional groups attached to an aromatic ring is 1. The molecule has 4 nitrogen and oxygen atoms in total.